The second-order valence-corrected chi connectivity index (χ2v) is 5.83. The molecule has 0 spiro atoms. The van der Waals surface area contributed by atoms with E-state index in [2.05, 4.69) is 9.88 Å². The predicted octanol–water partition coefficient (Wildman–Crippen LogP) is 3.10. The van der Waals surface area contributed by atoms with Gasteiger partial charge in [-0.1, -0.05) is 12.1 Å². The lowest BCUT2D eigenvalue weighted by Gasteiger charge is -2.33. The number of rotatable bonds is 5. The van der Waals surface area contributed by atoms with E-state index in [0.29, 0.717) is 6.61 Å². The molecule has 0 bridgehead atoms. The van der Waals surface area contributed by atoms with Gasteiger partial charge in [0.05, 0.1) is 12.7 Å². The van der Waals surface area contributed by atoms with E-state index in [4.69, 9.17) is 9.84 Å². The molecule has 0 atom stereocenters. The summed E-state index contributed by atoms with van der Waals surface area (Å²) < 4.78 is 18.8. The molecule has 1 aromatic heterocycles. The van der Waals surface area contributed by atoms with Crippen LogP contribution in [0, 0.1) is 5.82 Å². The molecular formula is C18H19FN2O3. The monoisotopic (exact) mass is 330 g/mol. The van der Waals surface area contributed by atoms with Crippen LogP contribution in [-0.4, -0.2) is 35.3 Å². The van der Waals surface area contributed by atoms with Crippen molar-refractivity contribution in [3.8, 4) is 0 Å². The summed E-state index contributed by atoms with van der Waals surface area (Å²) in [7, 11) is 0. The third-order valence-electron chi connectivity index (χ3n) is 4.17. The molecule has 1 saturated heterocycles. The van der Waals surface area contributed by atoms with Crippen molar-refractivity contribution in [3.05, 3.63) is 59.7 Å². The number of pyridine rings is 1. The van der Waals surface area contributed by atoms with Crippen molar-refractivity contribution in [2.45, 2.75) is 25.6 Å². The smallest absolute Gasteiger partial charge is 0.354 e. The number of aromatic carboxylic acids is 1. The van der Waals surface area contributed by atoms with Gasteiger partial charge in [-0.15, -0.1) is 0 Å². The molecule has 126 valence electrons. The first-order valence-electron chi connectivity index (χ1n) is 7.92. The van der Waals surface area contributed by atoms with E-state index in [1.807, 2.05) is 6.07 Å². The number of benzene rings is 1. The maximum Gasteiger partial charge on any atom is 0.354 e. The Morgan fingerprint density at radius 2 is 1.96 bits per heavy atom. The lowest BCUT2D eigenvalue weighted by atomic mass is 10.1. The molecule has 1 aliphatic rings. The molecule has 1 N–H and O–H groups in total. The van der Waals surface area contributed by atoms with Crippen molar-refractivity contribution in [2.75, 3.05) is 18.0 Å². The molecule has 0 radical (unpaired) electrons. The van der Waals surface area contributed by atoms with E-state index in [0.717, 1.165) is 37.2 Å². The van der Waals surface area contributed by atoms with Crippen LogP contribution >= 0.6 is 0 Å². The maximum atomic E-state index is 12.9. The van der Waals surface area contributed by atoms with Crippen LogP contribution in [0.5, 0.6) is 0 Å². The molecule has 1 aliphatic heterocycles. The number of piperidine rings is 1. The largest absolute Gasteiger partial charge is 0.477 e. The quantitative estimate of drug-likeness (QED) is 0.913. The first-order chi connectivity index (χ1) is 11.6. The van der Waals surface area contributed by atoms with Crippen molar-refractivity contribution in [2.24, 2.45) is 0 Å². The molecule has 3 rings (SSSR count). The zero-order chi connectivity index (χ0) is 16.9. The number of hydrogen-bond donors (Lipinski definition) is 1. The number of halogens is 1. The van der Waals surface area contributed by atoms with Gasteiger partial charge in [-0.05, 0) is 42.7 Å². The van der Waals surface area contributed by atoms with Crippen LogP contribution in [0.4, 0.5) is 10.1 Å². The molecule has 0 aliphatic carbocycles. The summed E-state index contributed by atoms with van der Waals surface area (Å²) in [5.41, 5.74) is 1.89. The van der Waals surface area contributed by atoms with Gasteiger partial charge in [0.2, 0.25) is 0 Å². The molecule has 2 aromatic rings. The minimum atomic E-state index is -1.02. The van der Waals surface area contributed by atoms with Crippen molar-refractivity contribution in [1.82, 2.24) is 4.98 Å². The molecule has 1 fully saturated rings. The number of hydrogen-bond acceptors (Lipinski definition) is 4. The van der Waals surface area contributed by atoms with Crippen LogP contribution in [0.3, 0.4) is 0 Å². The van der Waals surface area contributed by atoms with Gasteiger partial charge in [-0.25, -0.2) is 14.2 Å². The van der Waals surface area contributed by atoms with Crippen molar-refractivity contribution in [3.63, 3.8) is 0 Å². The van der Waals surface area contributed by atoms with Crippen LogP contribution in [0.2, 0.25) is 0 Å². The highest BCUT2D eigenvalue weighted by atomic mass is 19.1. The molecule has 24 heavy (non-hydrogen) atoms. The van der Waals surface area contributed by atoms with Gasteiger partial charge in [0.25, 0.3) is 0 Å². The van der Waals surface area contributed by atoms with Crippen LogP contribution in [0.25, 0.3) is 0 Å². The minimum absolute atomic E-state index is 0.0576. The van der Waals surface area contributed by atoms with Crippen LogP contribution < -0.4 is 4.90 Å². The Kier molecular flexibility index (Phi) is 5.05. The maximum absolute atomic E-state index is 12.9. The number of nitrogens with zero attached hydrogens (tertiary/aromatic N) is 2. The zero-order valence-corrected chi connectivity index (χ0v) is 13.2. The van der Waals surface area contributed by atoms with E-state index < -0.39 is 5.97 Å². The Morgan fingerprint density at radius 1 is 1.25 bits per heavy atom. The molecule has 0 amide bonds. The Balaban J connectivity index is 1.51. The summed E-state index contributed by atoms with van der Waals surface area (Å²) in [6.07, 6.45) is 3.42. The lowest BCUT2D eigenvalue weighted by Crippen LogP contribution is -2.37. The standard InChI is InChI=1S/C18H19FN2O3/c19-14-3-1-13(2-4-14)12-24-16-6-9-21(10-7-16)15-5-8-20-17(11-15)18(22)23/h1-5,8,11,16H,6-7,9-10,12H2,(H,22,23). The topological polar surface area (TPSA) is 62.7 Å². The van der Waals surface area contributed by atoms with Gasteiger partial charge in [0.1, 0.15) is 11.5 Å². The summed E-state index contributed by atoms with van der Waals surface area (Å²) >= 11 is 0. The highest BCUT2D eigenvalue weighted by Crippen LogP contribution is 2.22. The highest BCUT2D eigenvalue weighted by molar-refractivity contribution is 5.86. The predicted molar refractivity (Wildman–Crippen MR) is 87.6 cm³/mol. The third kappa shape index (κ3) is 4.08. The fourth-order valence-electron chi connectivity index (χ4n) is 2.81. The van der Waals surface area contributed by atoms with Gasteiger partial charge in [-0.2, -0.15) is 0 Å². The molecule has 1 aromatic carbocycles. The summed E-state index contributed by atoms with van der Waals surface area (Å²) in [6.45, 7) is 2.08. The second kappa shape index (κ2) is 7.40. The average molecular weight is 330 g/mol. The normalized spacial score (nSPS) is 15.5. The summed E-state index contributed by atoms with van der Waals surface area (Å²) in [5, 5.41) is 9.02. The Labute approximate surface area is 139 Å². The minimum Gasteiger partial charge on any atom is -0.477 e. The van der Waals surface area contributed by atoms with Gasteiger partial charge in [0.15, 0.2) is 0 Å². The Morgan fingerprint density at radius 3 is 2.62 bits per heavy atom. The number of anilines is 1. The van der Waals surface area contributed by atoms with Crippen molar-refractivity contribution < 1.29 is 19.0 Å². The van der Waals surface area contributed by atoms with E-state index >= 15 is 0 Å². The highest BCUT2D eigenvalue weighted by Gasteiger charge is 2.20. The van der Waals surface area contributed by atoms with Crippen LogP contribution in [0.1, 0.15) is 28.9 Å². The van der Waals surface area contributed by atoms with Crippen molar-refractivity contribution in [1.29, 1.82) is 0 Å². The molecule has 5 nitrogen and oxygen atoms in total. The molecule has 6 heteroatoms. The van der Waals surface area contributed by atoms with E-state index in [1.54, 1.807) is 18.2 Å². The van der Waals surface area contributed by atoms with E-state index in [9.17, 15) is 9.18 Å². The Hall–Kier alpha value is -2.47. The third-order valence-corrected chi connectivity index (χ3v) is 4.17. The van der Waals surface area contributed by atoms with E-state index in [1.165, 1.54) is 18.3 Å². The number of carbonyl (C=O) groups is 1. The zero-order valence-electron chi connectivity index (χ0n) is 13.2. The molecular weight excluding hydrogens is 311 g/mol. The van der Waals surface area contributed by atoms with Crippen LogP contribution in [-0.2, 0) is 11.3 Å². The number of aromatic nitrogens is 1. The summed E-state index contributed by atoms with van der Waals surface area (Å²) in [4.78, 5) is 17.0. The SMILES string of the molecule is O=C(O)c1cc(N2CCC(OCc3ccc(F)cc3)CC2)ccn1. The van der Waals surface area contributed by atoms with Gasteiger partial charge >= 0.3 is 5.97 Å². The first-order valence-corrected chi connectivity index (χ1v) is 7.92. The number of carboxylic acid groups (broad SMARTS) is 1. The number of carboxylic acids is 1. The van der Waals surface area contributed by atoms with Crippen LogP contribution in [0.15, 0.2) is 42.6 Å². The van der Waals surface area contributed by atoms with Gasteiger partial charge < -0.3 is 14.7 Å². The lowest BCUT2D eigenvalue weighted by molar-refractivity contribution is 0.0251. The Bertz CT molecular complexity index is 698. The van der Waals surface area contributed by atoms with Gasteiger partial charge in [-0.3, -0.25) is 0 Å². The first kappa shape index (κ1) is 16.4. The number of ether oxygens (including phenoxy) is 1. The molecule has 0 saturated carbocycles. The van der Waals surface area contributed by atoms with E-state index in [-0.39, 0.29) is 17.6 Å². The molecule has 0 unspecified atom stereocenters. The summed E-state index contributed by atoms with van der Waals surface area (Å²) in [6, 6.07) is 9.76. The average Bonchev–Trinajstić information content (AvgIpc) is 2.62. The summed E-state index contributed by atoms with van der Waals surface area (Å²) in [5.74, 6) is -1.26. The fourth-order valence-corrected chi connectivity index (χ4v) is 2.81. The molecule has 2 heterocycles. The fraction of sp³-hybridized carbons (Fsp3) is 0.333. The second-order valence-electron chi connectivity index (χ2n) is 5.83. The van der Waals surface area contributed by atoms with Crippen molar-refractivity contribution >= 4 is 11.7 Å². The van der Waals surface area contributed by atoms with Gasteiger partial charge in [0, 0.05) is 25.0 Å².